The first-order valence-corrected chi connectivity index (χ1v) is 11.1. The van der Waals surface area contributed by atoms with Crippen LogP contribution in [0, 0.1) is 13.8 Å². The summed E-state index contributed by atoms with van der Waals surface area (Å²) in [5.74, 6) is 0.0717. The number of halogens is 1. The van der Waals surface area contributed by atoms with Gasteiger partial charge in [-0.2, -0.15) is 0 Å². The Labute approximate surface area is 196 Å². The van der Waals surface area contributed by atoms with Gasteiger partial charge in [-0.25, -0.2) is 9.59 Å². The van der Waals surface area contributed by atoms with Crippen molar-refractivity contribution in [3.63, 3.8) is 0 Å². The Bertz CT molecular complexity index is 1040. The zero-order valence-electron chi connectivity index (χ0n) is 18.1. The highest BCUT2D eigenvalue weighted by molar-refractivity contribution is 9.10. The molecule has 0 atom stereocenters. The van der Waals surface area contributed by atoms with Crippen molar-refractivity contribution in [3.05, 3.63) is 93.5 Å². The van der Waals surface area contributed by atoms with Crippen molar-refractivity contribution in [2.75, 3.05) is 13.2 Å². The summed E-state index contributed by atoms with van der Waals surface area (Å²) in [6.45, 7) is 3.96. The minimum absolute atomic E-state index is 0.214. The molecule has 0 aliphatic rings. The molecule has 166 valence electrons. The van der Waals surface area contributed by atoms with E-state index >= 15 is 0 Å². The van der Waals surface area contributed by atoms with E-state index in [0.717, 1.165) is 28.4 Å². The van der Waals surface area contributed by atoms with Crippen molar-refractivity contribution < 1.29 is 23.8 Å². The minimum atomic E-state index is -0.525. The Kier molecular flexibility index (Phi) is 8.45. The first kappa shape index (κ1) is 23.5. The van der Waals surface area contributed by atoms with Gasteiger partial charge >= 0.3 is 11.9 Å². The molecule has 0 spiro atoms. The second-order valence-corrected chi connectivity index (χ2v) is 8.30. The summed E-state index contributed by atoms with van der Waals surface area (Å²) in [7, 11) is 0. The standard InChI is InChI=1S/C26H25BrO5/c1-18-15-22(27)16-19(2)25(18)31-17-24(28)32-23-12-10-21(11-13-23)26(29)30-14-6-9-20-7-4-3-5-8-20/h3-5,7-8,10-13,15-16H,6,9,14,17H2,1-2H3. The summed E-state index contributed by atoms with van der Waals surface area (Å²) in [6.07, 6.45) is 1.60. The average molecular weight is 497 g/mol. The molecule has 0 saturated heterocycles. The van der Waals surface area contributed by atoms with Gasteiger partial charge in [0.25, 0.3) is 0 Å². The van der Waals surface area contributed by atoms with E-state index in [1.807, 2.05) is 56.3 Å². The van der Waals surface area contributed by atoms with E-state index < -0.39 is 11.9 Å². The molecule has 0 amide bonds. The fourth-order valence-electron chi connectivity index (χ4n) is 3.25. The SMILES string of the molecule is Cc1cc(Br)cc(C)c1OCC(=O)Oc1ccc(C(=O)OCCCc2ccccc2)cc1. The third kappa shape index (κ3) is 6.95. The molecule has 5 nitrogen and oxygen atoms in total. The summed E-state index contributed by atoms with van der Waals surface area (Å²) in [6, 6.07) is 20.2. The molecular formula is C26H25BrO5. The maximum absolute atomic E-state index is 12.2. The first-order valence-electron chi connectivity index (χ1n) is 10.3. The lowest BCUT2D eigenvalue weighted by Gasteiger charge is -2.12. The van der Waals surface area contributed by atoms with Crippen LogP contribution < -0.4 is 9.47 Å². The van der Waals surface area contributed by atoms with E-state index in [0.29, 0.717) is 23.7 Å². The Morgan fingerprint density at radius 1 is 0.906 bits per heavy atom. The number of hydrogen-bond acceptors (Lipinski definition) is 5. The van der Waals surface area contributed by atoms with Crippen LogP contribution in [0.15, 0.2) is 71.2 Å². The monoisotopic (exact) mass is 496 g/mol. The zero-order valence-corrected chi connectivity index (χ0v) is 19.7. The van der Waals surface area contributed by atoms with Crippen molar-refractivity contribution in [1.82, 2.24) is 0 Å². The van der Waals surface area contributed by atoms with Crippen molar-refractivity contribution in [2.24, 2.45) is 0 Å². The van der Waals surface area contributed by atoms with Crippen LogP contribution in [0.2, 0.25) is 0 Å². The van der Waals surface area contributed by atoms with Crippen molar-refractivity contribution >= 4 is 27.9 Å². The molecular weight excluding hydrogens is 472 g/mol. The molecule has 0 N–H and O–H groups in total. The fraction of sp³-hybridized carbons (Fsp3) is 0.231. The number of ether oxygens (including phenoxy) is 3. The molecule has 6 heteroatoms. The summed E-state index contributed by atoms with van der Waals surface area (Å²) in [5, 5.41) is 0. The van der Waals surface area contributed by atoms with Gasteiger partial charge in [0, 0.05) is 4.47 Å². The van der Waals surface area contributed by atoms with Crippen molar-refractivity contribution in [2.45, 2.75) is 26.7 Å². The number of hydrogen-bond donors (Lipinski definition) is 0. The minimum Gasteiger partial charge on any atom is -0.481 e. The topological polar surface area (TPSA) is 61.8 Å². The number of rotatable bonds is 9. The van der Waals surface area contributed by atoms with Crippen LogP contribution in [0.1, 0.15) is 33.5 Å². The van der Waals surface area contributed by atoms with Crippen LogP contribution in [-0.2, 0) is 16.0 Å². The zero-order chi connectivity index (χ0) is 22.9. The molecule has 0 bridgehead atoms. The van der Waals surface area contributed by atoms with Gasteiger partial charge in [-0.1, -0.05) is 46.3 Å². The summed E-state index contributed by atoms with van der Waals surface area (Å²) in [4.78, 5) is 24.3. The van der Waals surface area contributed by atoms with E-state index in [-0.39, 0.29) is 6.61 Å². The van der Waals surface area contributed by atoms with Crippen LogP contribution in [-0.4, -0.2) is 25.2 Å². The van der Waals surface area contributed by atoms with Crippen LogP contribution in [0.25, 0.3) is 0 Å². The molecule has 0 radical (unpaired) electrons. The number of carbonyl (C=O) groups is 2. The van der Waals surface area contributed by atoms with E-state index in [2.05, 4.69) is 15.9 Å². The van der Waals surface area contributed by atoms with Gasteiger partial charge in [0.1, 0.15) is 11.5 Å². The molecule has 3 aromatic carbocycles. The van der Waals surface area contributed by atoms with E-state index in [9.17, 15) is 9.59 Å². The van der Waals surface area contributed by atoms with Crippen LogP contribution in [0.4, 0.5) is 0 Å². The molecule has 32 heavy (non-hydrogen) atoms. The highest BCUT2D eigenvalue weighted by atomic mass is 79.9. The summed E-state index contributed by atoms with van der Waals surface area (Å²) in [5.41, 5.74) is 3.47. The third-order valence-corrected chi connectivity index (χ3v) is 5.22. The predicted molar refractivity (Wildman–Crippen MR) is 126 cm³/mol. The van der Waals surface area contributed by atoms with Gasteiger partial charge in [-0.3, -0.25) is 0 Å². The van der Waals surface area contributed by atoms with Crippen molar-refractivity contribution in [1.29, 1.82) is 0 Å². The van der Waals surface area contributed by atoms with Crippen LogP contribution in [0.5, 0.6) is 11.5 Å². The van der Waals surface area contributed by atoms with E-state index in [4.69, 9.17) is 14.2 Å². The Morgan fingerprint density at radius 3 is 2.22 bits per heavy atom. The van der Waals surface area contributed by atoms with Crippen LogP contribution >= 0.6 is 15.9 Å². The largest absolute Gasteiger partial charge is 0.481 e. The molecule has 0 aromatic heterocycles. The van der Waals surface area contributed by atoms with Gasteiger partial charge in [0.2, 0.25) is 0 Å². The highest BCUT2D eigenvalue weighted by Gasteiger charge is 2.12. The third-order valence-electron chi connectivity index (χ3n) is 4.77. The lowest BCUT2D eigenvalue weighted by atomic mass is 10.1. The van der Waals surface area contributed by atoms with Gasteiger partial charge < -0.3 is 14.2 Å². The number of benzene rings is 3. The summed E-state index contributed by atoms with van der Waals surface area (Å²) >= 11 is 3.43. The second-order valence-electron chi connectivity index (χ2n) is 7.38. The molecule has 0 fully saturated rings. The number of aryl methyl sites for hydroxylation is 3. The smallest absolute Gasteiger partial charge is 0.349 e. The number of esters is 2. The quantitative estimate of drug-likeness (QED) is 0.211. The predicted octanol–water partition coefficient (Wildman–Crippen LogP) is 5.84. The number of carbonyl (C=O) groups excluding carboxylic acids is 2. The fourth-order valence-corrected chi connectivity index (χ4v) is 3.93. The highest BCUT2D eigenvalue weighted by Crippen LogP contribution is 2.27. The Morgan fingerprint density at radius 2 is 1.56 bits per heavy atom. The Hall–Kier alpha value is -3.12. The van der Waals surface area contributed by atoms with Crippen LogP contribution in [0.3, 0.4) is 0 Å². The van der Waals surface area contributed by atoms with Crippen molar-refractivity contribution in [3.8, 4) is 11.5 Å². The normalized spacial score (nSPS) is 10.5. The van der Waals surface area contributed by atoms with E-state index in [1.54, 1.807) is 24.3 Å². The summed E-state index contributed by atoms with van der Waals surface area (Å²) < 4.78 is 17.2. The second kappa shape index (κ2) is 11.5. The maximum atomic E-state index is 12.2. The average Bonchev–Trinajstić information content (AvgIpc) is 2.77. The molecule has 0 saturated carbocycles. The van der Waals surface area contributed by atoms with Gasteiger partial charge in [0.15, 0.2) is 6.61 Å². The molecule has 3 aromatic rings. The molecule has 3 rings (SSSR count). The maximum Gasteiger partial charge on any atom is 0.349 e. The first-order chi connectivity index (χ1) is 15.4. The van der Waals surface area contributed by atoms with Gasteiger partial charge in [0.05, 0.1) is 12.2 Å². The van der Waals surface area contributed by atoms with Gasteiger partial charge in [-0.05, 0) is 79.8 Å². The molecule has 0 unspecified atom stereocenters. The molecule has 0 heterocycles. The molecule has 0 aliphatic heterocycles. The Balaban J connectivity index is 1.43. The lowest BCUT2D eigenvalue weighted by Crippen LogP contribution is -2.18. The molecule has 0 aliphatic carbocycles. The van der Waals surface area contributed by atoms with E-state index in [1.165, 1.54) is 5.56 Å². The van der Waals surface area contributed by atoms with Gasteiger partial charge in [-0.15, -0.1) is 0 Å². The lowest BCUT2D eigenvalue weighted by molar-refractivity contribution is -0.136.